The van der Waals surface area contributed by atoms with Crippen LogP contribution in [0.15, 0.2) is 12.1 Å². The monoisotopic (exact) mass is 313 g/mol. The molecule has 2 N–H and O–H groups in total. The first-order valence-electron chi connectivity index (χ1n) is 6.43. The minimum absolute atomic E-state index is 0.190. The van der Waals surface area contributed by atoms with E-state index in [4.69, 9.17) is 28.9 Å². The van der Waals surface area contributed by atoms with Gasteiger partial charge in [-0.3, -0.25) is 0 Å². The number of nitrogens with zero attached hydrogens (tertiary/aromatic N) is 4. The molecule has 0 saturated heterocycles. The lowest BCUT2D eigenvalue weighted by Crippen LogP contribution is -2.11. The molecule has 0 aliphatic rings. The van der Waals surface area contributed by atoms with Crippen LogP contribution in [0.25, 0.3) is 11.4 Å². The van der Waals surface area contributed by atoms with Crippen LogP contribution in [0.2, 0.25) is 10.0 Å². The van der Waals surface area contributed by atoms with E-state index in [2.05, 4.69) is 36.3 Å². The minimum atomic E-state index is 0.190. The van der Waals surface area contributed by atoms with Crippen molar-refractivity contribution in [3.63, 3.8) is 0 Å². The predicted octanol–water partition coefficient (Wildman–Crippen LogP) is 3.84. The Morgan fingerprint density at radius 2 is 1.95 bits per heavy atom. The third-order valence-corrected chi connectivity index (χ3v) is 3.85. The maximum Gasteiger partial charge on any atom is 0.182 e. The van der Waals surface area contributed by atoms with Gasteiger partial charge in [-0.25, -0.2) is 4.68 Å². The summed E-state index contributed by atoms with van der Waals surface area (Å²) >= 11 is 12.0. The predicted molar refractivity (Wildman–Crippen MR) is 81.9 cm³/mol. The minimum Gasteiger partial charge on any atom is -0.397 e. The van der Waals surface area contributed by atoms with Crippen molar-refractivity contribution >= 4 is 28.9 Å². The molecule has 1 unspecified atom stereocenters. The summed E-state index contributed by atoms with van der Waals surface area (Å²) in [5, 5.41) is 12.6. The molecule has 5 nitrogen and oxygen atoms in total. The summed E-state index contributed by atoms with van der Waals surface area (Å²) in [6, 6.07) is 3.65. The van der Waals surface area contributed by atoms with Gasteiger partial charge in [-0.1, -0.05) is 37.0 Å². The van der Waals surface area contributed by atoms with Gasteiger partial charge in [-0.05, 0) is 41.8 Å². The molecule has 0 aliphatic carbocycles. The topological polar surface area (TPSA) is 69.6 Å². The molecule has 2 aromatic rings. The number of hydrogen-bond donors (Lipinski definition) is 1. The van der Waals surface area contributed by atoms with E-state index >= 15 is 0 Å². The summed E-state index contributed by atoms with van der Waals surface area (Å²) in [6.45, 7) is 6.41. The molecule has 0 radical (unpaired) electrons. The first-order chi connectivity index (χ1) is 9.40. The molecular weight excluding hydrogens is 297 g/mol. The molecule has 7 heteroatoms. The molecule has 1 aromatic heterocycles. The smallest absolute Gasteiger partial charge is 0.182 e. The lowest BCUT2D eigenvalue weighted by Gasteiger charge is -2.16. The second-order valence-corrected chi connectivity index (χ2v) is 6.07. The van der Waals surface area contributed by atoms with Gasteiger partial charge in [-0.15, -0.1) is 5.10 Å². The van der Waals surface area contributed by atoms with Crippen molar-refractivity contribution in [1.29, 1.82) is 0 Å². The first kappa shape index (κ1) is 15.1. The number of halogens is 2. The van der Waals surface area contributed by atoms with E-state index in [1.165, 1.54) is 0 Å². The Bertz CT molecular complexity index is 586. The van der Waals surface area contributed by atoms with E-state index in [9.17, 15) is 0 Å². The average Bonchev–Trinajstić information content (AvgIpc) is 2.83. The summed E-state index contributed by atoms with van der Waals surface area (Å²) in [6.07, 6.45) is 0.981. The number of benzene rings is 1. The summed E-state index contributed by atoms with van der Waals surface area (Å²) in [5.41, 5.74) is 7.02. The molecule has 0 amide bonds. The van der Waals surface area contributed by atoms with Gasteiger partial charge in [-0.2, -0.15) is 0 Å². The molecule has 108 valence electrons. The fourth-order valence-electron chi connectivity index (χ4n) is 2.20. The van der Waals surface area contributed by atoms with Gasteiger partial charge in [0.1, 0.15) is 0 Å². The molecule has 20 heavy (non-hydrogen) atoms. The van der Waals surface area contributed by atoms with Crippen molar-refractivity contribution in [2.45, 2.75) is 33.2 Å². The lowest BCUT2D eigenvalue weighted by molar-refractivity contribution is 0.394. The fourth-order valence-corrected chi connectivity index (χ4v) is 2.54. The Balaban J connectivity index is 2.42. The van der Waals surface area contributed by atoms with Crippen LogP contribution in [0.1, 0.15) is 33.2 Å². The van der Waals surface area contributed by atoms with E-state index < -0.39 is 0 Å². The Morgan fingerprint density at radius 3 is 2.55 bits per heavy atom. The zero-order valence-electron chi connectivity index (χ0n) is 11.6. The van der Waals surface area contributed by atoms with Gasteiger partial charge in [0, 0.05) is 5.56 Å². The summed E-state index contributed by atoms with van der Waals surface area (Å²) in [5.74, 6) is 1.20. The van der Waals surface area contributed by atoms with Crippen LogP contribution < -0.4 is 5.73 Å². The van der Waals surface area contributed by atoms with Gasteiger partial charge in [0.15, 0.2) is 5.82 Å². The maximum absolute atomic E-state index is 6.06. The summed E-state index contributed by atoms with van der Waals surface area (Å²) < 4.78 is 1.79. The Labute approximate surface area is 128 Å². The van der Waals surface area contributed by atoms with E-state index in [0.717, 1.165) is 12.0 Å². The molecular formula is C13H17Cl2N5. The van der Waals surface area contributed by atoms with Crippen molar-refractivity contribution in [1.82, 2.24) is 20.2 Å². The highest BCUT2D eigenvalue weighted by Gasteiger charge is 2.17. The van der Waals surface area contributed by atoms with E-state index in [0.29, 0.717) is 27.5 Å². The van der Waals surface area contributed by atoms with Crippen LogP contribution in [-0.2, 0) is 0 Å². The molecule has 0 aliphatic heterocycles. The van der Waals surface area contributed by atoms with E-state index in [-0.39, 0.29) is 6.04 Å². The SMILES string of the molecule is CC(C)CC(C)n1nnnc1-c1cc(N)c(Cl)c(Cl)c1. The quantitative estimate of drug-likeness (QED) is 0.871. The zero-order chi connectivity index (χ0) is 14.9. The number of anilines is 1. The van der Waals surface area contributed by atoms with Crippen LogP contribution in [0.5, 0.6) is 0 Å². The first-order valence-corrected chi connectivity index (χ1v) is 7.18. The number of hydrogen-bond acceptors (Lipinski definition) is 4. The third-order valence-electron chi connectivity index (χ3n) is 3.04. The largest absolute Gasteiger partial charge is 0.397 e. The maximum atomic E-state index is 6.06. The molecule has 1 aromatic carbocycles. The molecule has 0 saturated carbocycles. The fraction of sp³-hybridized carbons (Fsp3) is 0.462. The molecule has 0 spiro atoms. The summed E-state index contributed by atoms with van der Waals surface area (Å²) in [7, 11) is 0. The van der Waals surface area contributed by atoms with Crippen LogP contribution in [0.4, 0.5) is 5.69 Å². The Kier molecular flexibility index (Phi) is 4.50. The van der Waals surface area contributed by atoms with Crippen molar-refractivity contribution in [2.75, 3.05) is 5.73 Å². The van der Waals surface area contributed by atoms with Crippen molar-refractivity contribution < 1.29 is 0 Å². The second kappa shape index (κ2) is 5.97. The lowest BCUT2D eigenvalue weighted by atomic mass is 10.1. The molecule has 0 bridgehead atoms. The van der Waals surface area contributed by atoms with Gasteiger partial charge < -0.3 is 5.73 Å². The number of aromatic nitrogens is 4. The molecule has 1 atom stereocenters. The highest BCUT2D eigenvalue weighted by molar-refractivity contribution is 6.43. The van der Waals surface area contributed by atoms with Gasteiger partial charge in [0.25, 0.3) is 0 Å². The molecule has 0 fully saturated rings. The molecule has 2 rings (SSSR count). The zero-order valence-corrected chi connectivity index (χ0v) is 13.2. The second-order valence-electron chi connectivity index (χ2n) is 5.29. The highest BCUT2D eigenvalue weighted by Crippen LogP contribution is 2.33. The Hall–Kier alpha value is -1.33. The highest BCUT2D eigenvalue weighted by atomic mass is 35.5. The van der Waals surface area contributed by atoms with Crippen molar-refractivity contribution in [3.8, 4) is 11.4 Å². The number of rotatable bonds is 4. The summed E-state index contributed by atoms with van der Waals surface area (Å²) in [4.78, 5) is 0. The third kappa shape index (κ3) is 3.04. The Morgan fingerprint density at radius 1 is 1.25 bits per heavy atom. The van der Waals surface area contributed by atoms with Crippen molar-refractivity contribution in [2.24, 2.45) is 5.92 Å². The number of nitrogen functional groups attached to an aromatic ring is 1. The van der Waals surface area contributed by atoms with Crippen LogP contribution in [0, 0.1) is 5.92 Å². The van der Waals surface area contributed by atoms with Gasteiger partial charge in [0.2, 0.25) is 0 Å². The average molecular weight is 314 g/mol. The standard InChI is InChI=1S/C13H17Cl2N5/c1-7(2)4-8(3)20-13(17-18-19-20)9-5-10(14)12(15)11(16)6-9/h5-8H,4,16H2,1-3H3. The van der Waals surface area contributed by atoms with Gasteiger partial charge in [0.05, 0.1) is 21.8 Å². The van der Waals surface area contributed by atoms with Crippen LogP contribution in [0.3, 0.4) is 0 Å². The van der Waals surface area contributed by atoms with E-state index in [1.807, 2.05) is 0 Å². The normalized spacial score (nSPS) is 12.9. The number of nitrogens with two attached hydrogens (primary N) is 1. The van der Waals surface area contributed by atoms with Crippen LogP contribution >= 0.6 is 23.2 Å². The van der Waals surface area contributed by atoms with Gasteiger partial charge >= 0.3 is 0 Å². The molecule has 1 heterocycles. The number of tetrazole rings is 1. The van der Waals surface area contributed by atoms with Crippen LogP contribution in [-0.4, -0.2) is 20.2 Å². The van der Waals surface area contributed by atoms with E-state index in [1.54, 1.807) is 16.8 Å². The van der Waals surface area contributed by atoms with Crippen molar-refractivity contribution in [3.05, 3.63) is 22.2 Å².